The van der Waals surface area contributed by atoms with Crippen LogP contribution in [-0.2, 0) is 6.54 Å². The summed E-state index contributed by atoms with van der Waals surface area (Å²) >= 11 is 0. The van der Waals surface area contributed by atoms with Crippen LogP contribution >= 0.6 is 0 Å². The summed E-state index contributed by atoms with van der Waals surface area (Å²) in [5.41, 5.74) is -2.95. The molecular weight excluding hydrogens is 306 g/mol. The summed E-state index contributed by atoms with van der Waals surface area (Å²) < 4.78 is 0.423. The Morgan fingerprint density at radius 3 is 1.45 bits per heavy atom. The number of hydrogen-bond donors (Lipinski definition) is 0. The first-order chi connectivity index (χ1) is 10.2. The van der Waals surface area contributed by atoms with Gasteiger partial charge in [-0.25, -0.2) is 0 Å². The highest BCUT2D eigenvalue weighted by Gasteiger charge is 2.50. The number of nitrogens with zero attached hydrogens (tertiary/aromatic N) is 5. The molecule has 13 nitrogen and oxygen atoms in total. The fraction of sp³-hybridized carbons (Fsp3) is 0.556. The van der Waals surface area contributed by atoms with E-state index in [2.05, 4.69) is 0 Å². The summed E-state index contributed by atoms with van der Waals surface area (Å²) in [6.45, 7) is 1.51. The zero-order chi connectivity index (χ0) is 17.0. The van der Waals surface area contributed by atoms with Crippen molar-refractivity contribution in [2.45, 2.75) is 32.7 Å². The summed E-state index contributed by atoms with van der Waals surface area (Å²) in [5, 5.41) is 43.9. The van der Waals surface area contributed by atoms with Gasteiger partial charge in [-0.05, 0) is 22.7 Å². The van der Waals surface area contributed by atoms with E-state index in [0.717, 1.165) is 0 Å². The van der Waals surface area contributed by atoms with Gasteiger partial charge in [-0.1, -0.05) is 13.3 Å². The van der Waals surface area contributed by atoms with Gasteiger partial charge in [-0.3, -0.25) is 20.2 Å². The number of aromatic nitrogens is 1. The number of unbranched alkanes of at least 4 members (excludes halogenated alkanes) is 2. The Balaban J connectivity index is 3.73. The Kier molecular flexibility index (Phi) is 5.04. The van der Waals surface area contributed by atoms with Crippen LogP contribution in [0.2, 0.25) is 0 Å². The van der Waals surface area contributed by atoms with E-state index in [0.29, 0.717) is 17.4 Å². The van der Waals surface area contributed by atoms with Crippen molar-refractivity contribution in [2.75, 3.05) is 0 Å². The van der Waals surface area contributed by atoms with Gasteiger partial charge in [0.1, 0.15) is 0 Å². The Morgan fingerprint density at radius 1 is 0.773 bits per heavy atom. The lowest BCUT2D eigenvalue weighted by Gasteiger charge is -2.02. The topological polar surface area (TPSA) is 177 Å². The molecule has 0 unspecified atom stereocenters. The SMILES string of the molecule is CCCCCn1c([N+](=O)[O-])c([N+](=O)[O-])c([N+](=O)[O-])c1[N+](=O)[O-]. The van der Waals surface area contributed by atoms with E-state index in [-0.39, 0.29) is 13.0 Å². The lowest BCUT2D eigenvalue weighted by molar-refractivity contribution is -0.446. The Morgan fingerprint density at radius 2 is 1.18 bits per heavy atom. The van der Waals surface area contributed by atoms with Gasteiger partial charge >= 0.3 is 23.0 Å². The van der Waals surface area contributed by atoms with E-state index in [4.69, 9.17) is 0 Å². The predicted octanol–water partition coefficient (Wildman–Crippen LogP) is 2.31. The van der Waals surface area contributed by atoms with E-state index in [1.54, 1.807) is 0 Å². The monoisotopic (exact) mass is 317 g/mol. The van der Waals surface area contributed by atoms with Gasteiger partial charge in [0.2, 0.25) is 0 Å². The molecule has 1 aromatic rings. The van der Waals surface area contributed by atoms with E-state index < -0.39 is 42.7 Å². The maximum atomic E-state index is 11.0. The first kappa shape index (κ1) is 16.9. The minimum atomic E-state index is -1.47. The molecule has 0 radical (unpaired) electrons. The molecule has 0 atom stereocenters. The van der Waals surface area contributed by atoms with E-state index in [1.165, 1.54) is 0 Å². The van der Waals surface area contributed by atoms with Crippen LogP contribution in [0.4, 0.5) is 23.0 Å². The molecule has 0 amide bonds. The highest BCUT2D eigenvalue weighted by molar-refractivity contribution is 5.74. The minimum Gasteiger partial charge on any atom is -0.358 e. The third kappa shape index (κ3) is 2.97. The lowest BCUT2D eigenvalue weighted by Crippen LogP contribution is -2.07. The van der Waals surface area contributed by atoms with Crippen LogP contribution < -0.4 is 0 Å². The van der Waals surface area contributed by atoms with Gasteiger partial charge in [-0.2, -0.15) is 4.57 Å². The molecule has 0 N–H and O–H groups in total. The van der Waals surface area contributed by atoms with Crippen molar-refractivity contribution in [2.24, 2.45) is 0 Å². The molecule has 1 heterocycles. The molecule has 1 aromatic heterocycles. The van der Waals surface area contributed by atoms with Crippen LogP contribution in [0, 0.1) is 40.5 Å². The fourth-order valence-corrected chi connectivity index (χ4v) is 2.01. The molecule has 22 heavy (non-hydrogen) atoms. The van der Waals surface area contributed by atoms with Crippen LogP contribution in [0.25, 0.3) is 0 Å². The molecule has 120 valence electrons. The zero-order valence-corrected chi connectivity index (χ0v) is 11.3. The molecular formula is C9H11N5O8. The van der Waals surface area contributed by atoms with Crippen LogP contribution in [-0.4, -0.2) is 24.3 Å². The molecule has 1 rings (SSSR count). The van der Waals surface area contributed by atoms with Crippen molar-refractivity contribution in [3.63, 3.8) is 0 Å². The smallest absolute Gasteiger partial charge is 0.358 e. The summed E-state index contributed by atoms with van der Waals surface area (Å²) in [6, 6.07) is 0. The molecule has 0 aliphatic heterocycles. The molecule has 0 aromatic carbocycles. The van der Waals surface area contributed by atoms with Gasteiger partial charge in [0.15, 0.2) is 0 Å². The Hall–Kier alpha value is -3.12. The van der Waals surface area contributed by atoms with Crippen molar-refractivity contribution in [3.8, 4) is 0 Å². The van der Waals surface area contributed by atoms with E-state index in [1.807, 2.05) is 6.92 Å². The predicted molar refractivity (Wildman–Crippen MR) is 70.6 cm³/mol. The molecule has 0 spiro atoms. The highest BCUT2D eigenvalue weighted by Crippen LogP contribution is 2.46. The number of nitro groups is 4. The molecule has 0 aliphatic carbocycles. The summed E-state index contributed by atoms with van der Waals surface area (Å²) in [7, 11) is 0. The number of hydrogen-bond acceptors (Lipinski definition) is 8. The molecule has 0 saturated heterocycles. The van der Waals surface area contributed by atoms with Crippen LogP contribution in [0.3, 0.4) is 0 Å². The van der Waals surface area contributed by atoms with Crippen LogP contribution in [0.15, 0.2) is 0 Å². The minimum absolute atomic E-state index is 0.251. The molecule has 0 bridgehead atoms. The van der Waals surface area contributed by atoms with Gasteiger partial charge < -0.3 is 20.2 Å². The van der Waals surface area contributed by atoms with Crippen molar-refractivity contribution < 1.29 is 19.7 Å². The second kappa shape index (κ2) is 6.55. The average Bonchev–Trinajstić information content (AvgIpc) is 2.74. The average molecular weight is 317 g/mol. The number of rotatable bonds is 8. The van der Waals surface area contributed by atoms with Gasteiger partial charge in [0.05, 0.1) is 16.4 Å². The van der Waals surface area contributed by atoms with E-state index in [9.17, 15) is 40.5 Å². The maximum Gasteiger partial charge on any atom is 0.447 e. The standard InChI is InChI=1S/C9H11N5O8/c1-2-3-4-5-10-8(13(19)20)6(11(15)16)7(12(17)18)9(10)14(21)22/h2-5H2,1H3. The normalized spacial score (nSPS) is 10.4. The Bertz CT molecular complexity index is 601. The summed E-state index contributed by atoms with van der Waals surface area (Å²) in [4.78, 5) is 38.8. The zero-order valence-electron chi connectivity index (χ0n) is 11.3. The fourth-order valence-electron chi connectivity index (χ4n) is 2.01. The van der Waals surface area contributed by atoms with Crippen molar-refractivity contribution in [3.05, 3.63) is 40.5 Å². The molecule has 0 saturated carbocycles. The molecule has 0 aliphatic rings. The van der Waals surface area contributed by atoms with Gasteiger partial charge in [0, 0.05) is 0 Å². The largest absolute Gasteiger partial charge is 0.447 e. The summed E-state index contributed by atoms with van der Waals surface area (Å²) in [6.07, 6.45) is 1.49. The third-order valence-electron chi connectivity index (χ3n) is 2.86. The lowest BCUT2D eigenvalue weighted by atomic mass is 10.2. The van der Waals surface area contributed by atoms with Crippen molar-refractivity contribution in [1.82, 2.24) is 4.57 Å². The van der Waals surface area contributed by atoms with Crippen LogP contribution in [0.5, 0.6) is 0 Å². The Labute approximate surface area is 121 Å². The maximum absolute atomic E-state index is 11.0. The van der Waals surface area contributed by atoms with Crippen molar-refractivity contribution >= 4 is 23.0 Å². The quantitative estimate of drug-likeness (QED) is 0.398. The molecule has 13 heteroatoms. The van der Waals surface area contributed by atoms with Gasteiger partial charge in [-0.15, -0.1) is 0 Å². The van der Waals surface area contributed by atoms with E-state index >= 15 is 0 Å². The second-order valence-electron chi connectivity index (χ2n) is 4.23. The van der Waals surface area contributed by atoms with Crippen molar-refractivity contribution in [1.29, 1.82) is 0 Å². The summed E-state index contributed by atoms with van der Waals surface area (Å²) in [5.74, 6) is -2.50. The first-order valence-electron chi connectivity index (χ1n) is 6.08. The second-order valence-corrected chi connectivity index (χ2v) is 4.23. The first-order valence-corrected chi connectivity index (χ1v) is 6.08. The molecule has 0 fully saturated rings. The van der Waals surface area contributed by atoms with Gasteiger partial charge in [0.25, 0.3) is 0 Å². The third-order valence-corrected chi connectivity index (χ3v) is 2.86. The van der Waals surface area contributed by atoms with Crippen LogP contribution in [0.1, 0.15) is 26.2 Å². The highest BCUT2D eigenvalue weighted by atomic mass is 16.7.